The monoisotopic (exact) mass is 327 g/mol. The van der Waals surface area contributed by atoms with E-state index in [0.717, 1.165) is 18.5 Å². The molecule has 0 radical (unpaired) electrons. The van der Waals surface area contributed by atoms with Gasteiger partial charge in [0.2, 0.25) is 11.8 Å². The van der Waals surface area contributed by atoms with Crippen molar-refractivity contribution >= 4 is 24.2 Å². The zero-order chi connectivity index (χ0) is 15.5. The highest BCUT2D eigenvalue weighted by molar-refractivity contribution is 5.85. The number of carbonyl (C=O) groups is 2. The fraction of sp³-hybridized carbons (Fsp3) is 0.500. The van der Waals surface area contributed by atoms with Crippen molar-refractivity contribution in [1.82, 2.24) is 15.5 Å². The Kier molecular flexibility index (Phi) is 11.1. The lowest BCUT2D eigenvalue weighted by molar-refractivity contribution is -0.130. The second-order valence-electron chi connectivity index (χ2n) is 4.98. The molecule has 0 aliphatic rings. The smallest absolute Gasteiger partial charge is 0.221 e. The molecule has 1 aromatic rings. The van der Waals surface area contributed by atoms with Crippen molar-refractivity contribution in [3.8, 4) is 0 Å². The average Bonchev–Trinajstić information content (AvgIpc) is 2.48. The van der Waals surface area contributed by atoms with Gasteiger partial charge in [-0.2, -0.15) is 0 Å². The first kappa shape index (κ1) is 20.4. The van der Waals surface area contributed by atoms with Crippen LogP contribution in [0, 0.1) is 0 Å². The molecule has 0 fully saturated rings. The van der Waals surface area contributed by atoms with E-state index in [0.29, 0.717) is 26.1 Å². The van der Waals surface area contributed by atoms with Gasteiger partial charge in [0.05, 0.1) is 0 Å². The average molecular weight is 328 g/mol. The van der Waals surface area contributed by atoms with E-state index in [2.05, 4.69) is 10.6 Å². The van der Waals surface area contributed by atoms with Crippen molar-refractivity contribution in [3.05, 3.63) is 35.9 Å². The second kappa shape index (κ2) is 12.0. The summed E-state index contributed by atoms with van der Waals surface area (Å²) in [6, 6.07) is 9.80. The maximum atomic E-state index is 11.7. The number of nitrogens with zero attached hydrogens (tertiary/aromatic N) is 1. The van der Waals surface area contributed by atoms with Gasteiger partial charge in [-0.1, -0.05) is 30.3 Å². The molecular weight excluding hydrogens is 302 g/mol. The molecule has 0 aliphatic heterocycles. The minimum Gasteiger partial charge on any atom is -0.356 e. The first-order valence-electron chi connectivity index (χ1n) is 7.34. The van der Waals surface area contributed by atoms with Crippen LogP contribution in [0.1, 0.15) is 25.3 Å². The number of hydrogen-bond donors (Lipinski definition) is 2. The minimum absolute atomic E-state index is 0. The van der Waals surface area contributed by atoms with E-state index in [1.165, 1.54) is 6.92 Å². The number of amides is 2. The standard InChI is InChI=1S/C16H25N3O2.ClH/c1-14(20)19(13-15-7-4-3-5-8-15)12-9-16(21)18-11-6-10-17-2;/h3-5,7-8,17H,6,9-13H2,1-2H3,(H,18,21);1H. The van der Waals surface area contributed by atoms with E-state index in [9.17, 15) is 9.59 Å². The molecule has 22 heavy (non-hydrogen) atoms. The molecule has 0 unspecified atom stereocenters. The molecule has 0 atom stereocenters. The fourth-order valence-electron chi connectivity index (χ4n) is 1.97. The predicted octanol–water partition coefficient (Wildman–Crippen LogP) is 1.57. The molecule has 0 saturated carbocycles. The van der Waals surface area contributed by atoms with Gasteiger partial charge in [0.15, 0.2) is 0 Å². The van der Waals surface area contributed by atoms with E-state index < -0.39 is 0 Å². The Balaban J connectivity index is 0.00000441. The molecule has 0 heterocycles. The lowest BCUT2D eigenvalue weighted by Gasteiger charge is -2.21. The van der Waals surface area contributed by atoms with Gasteiger partial charge >= 0.3 is 0 Å². The van der Waals surface area contributed by atoms with Crippen LogP contribution in [0.3, 0.4) is 0 Å². The van der Waals surface area contributed by atoms with Gasteiger partial charge in [0.1, 0.15) is 0 Å². The quantitative estimate of drug-likeness (QED) is 0.677. The normalized spacial score (nSPS) is 9.73. The zero-order valence-electron chi connectivity index (χ0n) is 13.3. The maximum Gasteiger partial charge on any atom is 0.221 e. The third-order valence-electron chi connectivity index (χ3n) is 3.20. The molecule has 0 aliphatic carbocycles. The second-order valence-corrected chi connectivity index (χ2v) is 4.98. The Morgan fingerprint density at radius 3 is 2.41 bits per heavy atom. The van der Waals surface area contributed by atoms with E-state index in [1.54, 1.807) is 4.90 Å². The van der Waals surface area contributed by atoms with E-state index in [1.807, 2.05) is 37.4 Å². The van der Waals surface area contributed by atoms with Crippen molar-refractivity contribution in [3.63, 3.8) is 0 Å². The summed E-state index contributed by atoms with van der Waals surface area (Å²) in [5.41, 5.74) is 1.07. The van der Waals surface area contributed by atoms with E-state index in [-0.39, 0.29) is 24.2 Å². The summed E-state index contributed by atoms with van der Waals surface area (Å²) in [6.07, 6.45) is 1.24. The van der Waals surface area contributed by atoms with Gasteiger partial charge in [-0.05, 0) is 25.6 Å². The van der Waals surface area contributed by atoms with Gasteiger partial charge < -0.3 is 15.5 Å². The number of nitrogens with one attached hydrogen (secondary N) is 2. The number of hydrogen-bond acceptors (Lipinski definition) is 3. The number of carbonyl (C=O) groups excluding carboxylic acids is 2. The highest BCUT2D eigenvalue weighted by Gasteiger charge is 2.11. The van der Waals surface area contributed by atoms with Crippen molar-refractivity contribution < 1.29 is 9.59 Å². The Morgan fingerprint density at radius 1 is 1.14 bits per heavy atom. The molecule has 1 rings (SSSR count). The molecule has 6 heteroatoms. The Bertz CT molecular complexity index is 440. The molecular formula is C16H26ClN3O2. The van der Waals surface area contributed by atoms with Gasteiger partial charge in [0.25, 0.3) is 0 Å². The van der Waals surface area contributed by atoms with Gasteiger partial charge in [-0.25, -0.2) is 0 Å². The first-order chi connectivity index (χ1) is 10.1. The SMILES string of the molecule is CNCCCNC(=O)CCN(Cc1ccccc1)C(C)=O.Cl. The number of halogens is 1. The van der Waals surface area contributed by atoms with Gasteiger partial charge in [0, 0.05) is 33.0 Å². The van der Waals surface area contributed by atoms with Crippen molar-refractivity contribution in [2.24, 2.45) is 0 Å². The van der Waals surface area contributed by atoms with Crippen LogP contribution in [-0.4, -0.2) is 43.4 Å². The molecule has 0 bridgehead atoms. The van der Waals surface area contributed by atoms with Crippen molar-refractivity contribution in [1.29, 1.82) is 0 Å². The molecule has 0 saturated heterocycles. The lowest BCUT2D eigenvalue weighted by atomic mass is 10.2. The summed E-state index contributed by atoms with van der Waals surface area (Å²) < 4.78 is 0. The first-order valence-corrected chi connectivity index (χ1v) is 7.34. The summed E-state index contributed by atoms with van der Waals surface area (Å²) in [6.45, 7) is 4.07. The fourth-order valence-corrected chi connectivity index (χ4v) is 1.97. The van der Waals surface area contributed by atoms with Gasteiger partial charge in [-0.15, -0.1) is 12.4 Å². The summed E-state index contributed by atoms with van der Waals surface area (Å²) in [5.74, 6) is -0.0211. The number of benzene rings is 1. The largest absolute Gasteiger partial charge is 0.356 e. The van der Waals surface area contributed by atoms with E-state index >= 15 is 0 Å². The maximum absolute atomic E-state index is 11.7. The summed E-state index contributed by atoms with van der Waals surface area (Å²) in [7, 11) is 1.89. The minimum atomic E-state index is -0.0122. The van der Waals surface area contributed by atoms with Crippen LogP contribution in [0.15, 0.2) is 30.3 Å². The molecule has 0 spiro atoms. The van der Waals surface area contributed by atoms with Crippen LogP contribution >= 0.6 is 12.4 Å². The molecule has 5 nitrogen and oxygen atoms in total. The third kappa shape index (κ3) is 8.64. The van der Waals surface area contributed by atoms with Crippen molar-refractivity contribution in [2.75, 3.05) is 26.7 Å². The summed E-state index contributed by atoms with van der Waals surface area (Å²) in [5, 5.41) is 5.89. The van der Waals surface area contributed by atoms with Crippen LogP contribution in [0.4, 0.5) is 0 Å². The molecule has 124 valence electrons. The molecule has 2 amide bonds. The van der Waals surface area contributed by atoms with Crippen molar-refractivity contribution in [2.45, 2.75) is 26.3 Å². The highest BCUT2D eigenvalue weighted by Crippen LogP contribution is 2.05. The highest BCUT2D eigenvalue weighted by atomic mass is 35.5. The van der Waals surface area contributed by atoms with Gasteiger partial charge in [-0.3, -0.25) is 9.59 Å². The lowest BCUT2D eigenvalue weighted by Crippen LogP contribution is -2.34. The van der Waals surface area contributed by atoms with Crippen LogP contribution < -0.4 is 10.6 Å². The number of rotatable bonds is 9. The molecule has 2 N–H and O–H groups in total. The van der Waals surface area contributed by atoms with Crippen LogP contribution in [-0.2, 0) is 16.1 Å². The Hall–Kier alpha value is -1.59. The summed E-state index contributed by atoms with van der Waals surface area (Å²) in [4.78, 5) is 25.1. The third-order valence-corrected chi connectivity index (χ3v) is 3.20. The molecule has 1 aromatic carbocycles. The van der Waals surface area contributed by atoms with Crippen LogP contribution in [0.5, 0.6) is 0 Å². The van der Waals surface area contributed by atoms with Crippen LogP contribution in [0.25, 0.3) is 0 Å². The van der Waals surface area contributed by atoms with Crippen LogP contribution in [0.2, 0.25) is 0 Å². The topological polar surface area (TPSA) is 61.4 Å². The predicted molar refractivity (Wildman–Crippen MR) is 91.0 cm³/mol. The Morgan fingerprint density at radius 2 is 1.82 bits per heavy atom. The van der Waals surface area contributed by atoms with E-state index in [4.69, 9.17) is 0 Å². The zero-order valence-corrected chi connectivity index (χ0v) is 14.1. The molecule has 0 aromatic heterocycles. The summed E-state index contributed by atoms with van der Waals surface area (Å²) >= 11 is 0. The Labute approximate surface area is 138 Å².